The van der Waals surface area contributed by atoms with Crippen molar-refractivity contribution in [2.45, 2.75) is 56.4 Å². The van der Waals surface area contributed by atoms with E-state index in [-0.39, 0.29) is 13.2 Å². The van der Waals surface area contributed by atoms with Crippen molar-refractivity contribution in [1.29, 1.82) is 0 Å². The second-order valence-corrected chi connectivity index (χ2v) is 11.5. The Kier molecular flexibility index (Phi) is 11.1. The van der Waals surface area contributed by atoms with E-state index < -0.39 is 65.1 Å². The first-order valence-corrected chi connectivity index (χ1v) is 12.7. The average molecular weight is 514 g/mol. The minimum Gasteiger partial charge on any atom is -0.377 e. The third kappa shape index (κ3) is 6.84. The van der Waals surface area contributed by atoms with E-state index in [0.717, 1.165) is 21.3 Å². The maximum absolute atomic E-state index is 14.1. The van der Waals surface area contributed by atoms with Gasteiger partial charge >= 0.3 is 40.1 Å². The van der Waals surface area contributed by atoms with Crippen LogP contribution in [0.3, 0.4) is 0 Å². The maximum Gasteiger partial charge on any atom is 0.500 e. The van der Waals surface area contributed by atoms with E-state index in [1.54, 1.807) is 0 Å². The second-order valence-electron chi connectivity index (χ2n) is 6.27. The second kappa shape index (κ2) is 11.2. The van der Waals surface area contributed by atoms with Crippen LogP contribution in [0.1, 0.15) is 26.7 Å². The molecule has 31 heavy (non-hydrogen) atoms. The summed E-state index contributed by atoms with van der Waals surface area (Å²) in [7, 11) is -5.30. The van der Waals surface area contributed by atoms with Gasteiger partial charge in [0.15, 0.2) is 0 Å². The lowest BCUT2D eigenvalue weighted by Crippen LogP contribution is -2.62. The summed E-state index contributed by atoms with van der Waals surface area (Å²) in [5.74, 6) is -24.2. The zero-order valence-electron chi connectivity index (χ0n) is 17.7. The van der Waals surface area contributed by atoms with Gasteiger partial charge in [-0.3, -0.25) is 4.57 Å². The SMILES string of the molecule is CCOP(=O)(CCC(F)(F)C(F)(F)C(F)(F)C(F)(F)CC[Si](OC)(OC)OC)OCC. The third-order valence-corrected chi connectivity index (χ3v) is 9.15. The summed E-state index contributed by atoms with van der Waals surface area (Å²) >= 11 is 0. The van der Waals surface area contributed by atoms with Crippen LogP contribution in [0.4, 0.5) is 35.1 Å². The molecular weight excluding hydrogens is 487 g/mol. The molecule has 0 aliphatic carbocycles. The van der Waals surface area contributed by atoms with Gasteiger partial charge in [-0.15, -0.1) is 0 Å². The molecule has 0 radical (unpaired) electrons. The van der Waals surface area contributed by atoms with Crippen molar-refractivity contribution in [3.05, 3.63) is 0 Å². The van der Waals surface area contributed by atoms with Crippen molar-refractivity contribution in [3.8, 4) is 0 Å². The maximum atomic E-state index is 14.1. The smallest absolute Gasteiger partial charge is 0.377 e. The van der Waals surface area contributed by atoms with Crippen LogP contribution in [-0.2, 0) is 26.9 Å². The quantitative estimate of drug-likeness (QED) is 0.155. The minimum absolute atomic E-state index is 0.308. The molecule has 0 aromatic carbocycles. The van der Waals surface area contributed by atoms with Crippen LogP contribution in [0.5, 0.6) is 0 Å². The first-order valence-electron chi connectivity index (χ1n) is 9.02. The molecule has 0 amide bonds. The van der Waals surface area contributed by atoms with E-state index in [0.29, 0.717) is 0 Å². The van der Waals surface area contributed by atoms with Crippen LogP contribution in [-0.4, -0.2) is 73.2 Å². The Balaban J connectivity index is 5.69. The number of alkyl halides is 8. The molecule has 188 valence electrons. The van der Waals surface area contributed by atoms with Gasteiger partial charge in [-0.1, -0.05) is 0 Å². The van der Waals surface area contributed by atoms with Gasteiger partial charge in [0.05, 0.1) is 19.4 Å². The van der Waals surface area contributed by atoms with Gasteiger partial charge in [0.25, 0.3) is 0 Å². The highest BCUT2D eigenvalue weighted by molar-refractivity contribution is 7.53. The average Bonchev–Trinajstić information content (AvgIpc) is 2.68. The highest BCUT2D eigenvalue weighted by Crippen LogP contribution is 2.57. The highest BCUT2D eigenvalue weighted by atomic mass is 31.2. The van der Waals surface area contributed by atoms with Crippen LogP contribution in [0.25, 0.3) is 0 Å². The molecule has 0 bridgehead atoms. The molecule has 0 atom stereocenters. The van der Waals surface area contributed by atoms with Gasteiger partial charge in [-0.05, 0) is 13.8 Å². The van der Waals surface area contributed by atoms with Gasteiger partial charge in [-0.2, -0.15) is 35.1 Å². The van der Waals surface area contributed by atoms with Gasteiger partial charge in [0.1, 0.15) is 0 Å². The fourth-order valence-corrected chi connectivity index (χ4v) is 5.88. The lowest BCUT2D eigenvalue weighted by Gasteiger charge is -2.37. The Bertz CT molecular complexity index is 588. The number of rotatable bonds is 16. The molecule has 0 unspecified atom stereocenters. The van der Waals surface area contributed by atoms with Gasteiger partial charge < -0.3 is 22.3 Å². The molecule has 0 aromatic rings. The molecule has 6 nitrogen and oxygen atoms in total. The lowest BCUT2D eigenvalue weighted by atomic mass is 9.95. The third-order valence-electron chi connectivity index (χ3n) is 4.34. The number of halogens is 8. The van der Waals surface area contributed by atoms with E-state index in [9.17, 15) is 39.7 Å². The lowest BCUT2D eigenvalue weighted by molar-refractivity contribution is -0.366. The molecule has 0 N–H and O–H groups in total. The van der Waals surface area contributed by atoms with Crippen LogP contribution in [0, 0.1) is 0 Å². The Morgan fingerprint density at radius 3 is 1.39 bits per heavy atom. The zero-order chi connectivity index (χ0) is 24.8. The molecule has 16 heteroatoms. The molecule has 0 aliphatic heterocycles. The molecular formula is C15H27F8O6PSi. The Labute approximate surface area is 176 Å². The van der Waals surface area contributed by atoms with Crippen LogP contribution < -0.4 is 0 Å². The predicted octanol–water partition coefficient (Wildman–Crippen LogP) is 5.45. The van der Waals surface area contributed by atoms with Crippen molar-refractivity contribution in [3.63, 3.8) is 0 Å². The fraction of sp³-hybridized carbons (Fsp3) is 1.00. The summed E-state index contributed by atoms with van der Waals surface area (Å²) < 4.78 is 148. The first-order chi connectivity index (χ1) is 14.0. The summed E-state index contributed by atoms with van der Waals surface area (Å²) in [5.41, 5.74) is 0. The molecule has 0 heterocycles. The first kappa shape index (κ1) is 30.7. The van der Waals surface area contributed by atoms with Crippen LogP contribution >= 0.6 is 7.60 Å². The normalized spacial score (nSPS) is 14.9. The summed E-state index contributed by atoms with van der Waals surface area (Å²) in [5, 5.41) is 0. The summed E-state index contributed by atoms with van der Waals surface area (Å²) in [4.78, 5) is 0. The predicted molar refractivity (Wildman–Crippen MR) is 96.3 cm³/mol. The Morgan fingerprint density at radius 1 is 0.710 bits per heavy atom. The molecule has 0 aromatic heterocycles. The summed E-state index contributed by atoms with van der Waals surface area (Å²) in [6.07, 6.45) is -5.51. The number of hydrogen-bond donors (Lipinski definition) is 0. The van der Waals surface area contributed by atoms with E-state index in [1.807, 2.05) is 0 Å². The molecule has 0 fully saturated rings. The van der Waals surface area contributed by atoms with Gasteiger partial charge in [0.2, 0.25) is 0 Å². The number of hydrogen-bond acceptors (Lipinski definition) is 6. The Hall–Kier alpha value is -0.313. The van der Waals surface area contributed by atoms with Gasteiger partial charge in [-0.25, -0.2) is 0 Å². The highest BCUT2D eigenvalue weighted by Gasteiger charge is 2.80. The van der Waals surface area contributed by atoms with E-state index in [1.165, 1.54) is 13.8 Å². The standard InChI is InChI=1S/C15H27F8O6PSi/c1-6-28-30(24,29-7-2)10-8-12(16,17)14(20,21)15(22,23)13(18,19)9-11-31(25-3,26-4)27-5/h6-11H2,1-5H3. The van der Waals surface area contributed by atoms with E-state index in [4.69, 9.17) is 13.3 Å². The van der Waals surface area contributed by atoms with E-state index >= 15 is 0 Å². The van der Waals surface area contributed by atoms with Crippen molar-refractivity contribution < 1.29 is 62.0 Å². The summed E-state index contributed by atoms with van der Waals surface area (Å²) in [6, 6.07) is -1.05. The van der Waals surface area contributed by atoms with Crippen molar-refractivity contribution in [1.82, 2.24) is 0 Å². The molecule has 0 rings (SSSR count). The molecule has 0 spiro atoms. The largest absolute Gasteiger partial charge is 0.500 e. The monoisotopic (exact) mass is 514 g/mol. The fourth-order valence-electron chi connectivity index (χ4n) is 2.48. The van der Waals surface area contributed by atoms with E-state index in [2.05, 4.69) is 9.05 Å². The topological polar surface area (TPSA) is 63.2 Å². The Morgan fingerprint density at radius 2 is 1.06 bits per heavy atom. The molecule has 0 saturated heterocycles. The minimum atomic E-state index is -6.50. The van der Waals surface area contributed by atoms with Crippen LogP contribution in [0.15, 0.2) is 0 Å². The molecule has 0 saturated carbocycles. The zero-order valence-corrected chi connectivity index (χ0v) is 19.6. The summed E-state index contributed by atoms with van der Waals surface area (Å²) in [6.45, 7) is 1.99. The van der Waals surface area contributed by atoms with Crippen LogP contribution in [0.2, 0.25) is 6.04 Å². The van der Waals surface area contributed by atoms with Crippen molar-refractivity contribution in [2.75, 3.05) is 40.7 Å². The van der Waals surface area contributed by atoms with Crippen molar-refractivity contribution in [2.24, 2.45) is 0 Å². The van der Waals surface area contributed by atoms with Crippen molar-refractivity contribution >= 4 is 16.4 Å². The van der Waals surface area contributed by atoms with Gasteiger partial charge in [0, 0.05) is 40.2 Å². The molecule has 0 aliphatic rings.